The first-order valence-corrected chi connectivity index (χ1v) is 5.74. The number of nitrogens with two attached hydrogens (primary N) is 1. The van der Waals surface area contributed by atoms with Gasteiger partial charge in [-0.25, -0.2) is 10.8 Å². The molecule has 0 aliphatic heterocycles. The molecular weight excluding hydrogens is 250 g/mol. The van der Waals surface area contributed by atoms with Gasteiger partial charge in [-0.05, 0) is 18.2 Å². The first-order valence-electron chi connectivity index (χ1n) is 4.37. The Morgan fingerprint density at radius 1 is 1.62 bits per heavy atom. The molecule has 16 heavy (non-hydrogen) atoms. The van der Waals surface area contributed by atoms with Crippen molar-refractivity contribution in [3.05, 3.63) is 23.2 Å². The van der Waals surface area contributed by atoms with Crippen molar-refractivity contribution in [2.24, 2.45) is 5.84 Å². The molecule has 1 aromatic carbocycles. The number of thioether (sulfide) groups is 1. The van der Waals surface area contributed by atoms with Crippen molar-refractivity contribution in [2.75, 3.05) is 5.75 Å². The van der Waals surface area contributed by atoms with Crippen molar-refractivity contribution in [3.8, 4) is 0 Å². The second kappa shape index (κ2) is 4.73. The fourth-order valence-electron chi connectivity index (χ4n) is 1.11. The molecule has 7 heteroatoms. The molecule has 0 spiro atoms. The SMILES string of the molecule is NNC(=O)CSc1nc2cc(Cl)ccc2o1. The molecule has 1 amide bonds. The van der Waals surface area contributed by atoms with Gasteiger partial charge in [-0.15, -0.1) is 0 Å². The quantitative estimate of drug-likeness (QED) is 0.377. The number of nitrogens with zero attached hydrogens (tertiary/aromatic N) is 1. The van der Waals surface area contributed by atoms with Gasteiger partial charge < -0.3 is 4.42 Å². The average molecular weight is 258 g/mol. The Balaban J connectivity index is 2.16. The Morgan fingerprint density at radius 2 is 2.44 bits per heavy atom. The van der Waals surface area contributed by atoms with Gasteiger partial charge in [0.15, 0.2) is 5.58 Å². The minimum Gasteiger partial charge on any atom is -0.431 e. The van der Waals surface area contributed by atoms with E-state index in [0.29, 0.717) is 21.3 Å². The third kappa shape index (κ3) is 2.46. The largest absolute Gasteiger partial charge is 0.431 e. The van der Waals surface area contributed by atoms with E-state index in [2.05, 4.69) is 4.98 Å². The van der Waals surface area contributed by atoms with Crippen molar-refractivity contribution in [1.29, 1.82) is 0 Å². The second-order valence-corrected chi connectivity index (χ2v) is 4.31. The zero-order valence-corrected chi connectivity index (χ0v) is 9.64. The average Bonchev–Trinajstić information content (AvgIpc) is 2.67. The monoisotopic (exact) mass is 257 g/mol. The van der Waals surface area contributed by atoms with Gasteiger partial charge >= 0.3 is 0 Å². The number of halogens is 1. The number of fused-ring (bicyclic) bond motifs is 1. The smallest absolute Gasteiger partial charge is 0.257 e. The van der Waals surface area contributed by atoms with E-state index in [4.69, 9.17) is 21.9 Å². The van der Waals surface area contributed by atoms with E-state index in [9.17, 15) is 4.79 Å². The highest BCUT2D eigenvalue weighted by molar-refractivity contribution is 7.99. The molecule has 1 aromatic heterocycles. The van der Waals surface area contributed by atoms with Crippen LogP contribution in [0.15, 0.2) is 27.8 Å². The third-order valence-corrected chi connectivity index (χ3v) is 2.88. The summed E-state index contributed by atoms with van der Waals surface area (Å²) in [6, 6.07) is 5.15. The molecule has 0 saturated heterocycles. The van der Waals surface area contributed by atoms with Crippen LogP contribution in [0.25, 0.3) is 11.1 Å². The fourth-order valence-corrected chi connectivity index (χ4v) is 1.93. The van der Waals surface area contributed by atoms with E-state index in [1.807, 2.05) is 5.43 Å². The molecule has 0 aliphatic carbocycles. The molecule has 0 fully saturated rings. The summed E-state index contributed by atoms with van der Waals surface area (Å²) in [5, 5.41) is 1.01. The molecule has 0 radical (unpaired) electrons. The fraction of sp³-hybridized carbons (Fsp3) is 0.111. The predicted octanol–water partition coefficient (Wildman–Crippen LogP) is 1.56. The van der Waals surface area contributed by atoms with Crippen LogP contribution in [0, 0.1) is 0 Å². The topological polar surface area (TPSA) is 81.1 Å². The number of rotatable bonds is 3. The summed E-state index contributed by atoms with van der Waals surface area (Å²) in [5.41, 5.74) is 3.34. The molecule has 84 valence electrons. The van der Waals surface area contributed by atoms with Crippen LogP contribution in [0.2, 0.25) is 5.02 Å². The Kier molecular flexibility index (Phi) is 3.33. The number of benzene rings is 1. The van der Waals surface area contributed by atoms with Crippen LogP contribution in [0.5, 0.6) is 0 Å². The van der Waals surface area contributed by atoms with E-state index < -0.39 is 0 Å². The molecule has 0 atom stereocenters. The summed E-state index contributed by atoms with van der Waals surface area (Å²) in [6.45, 7) is 0. The lowest BCUT2D eigenvalue weighted by molar-refractivity contribution is -0.118. The number of amides is 1. The van der Waals surface area contributed by atoms with E-state index in [1.165, 1.54) is 11.8 Å². The van der Waals surface area contributed by atoms with E-state index in [-0.39, 0.29) is 11.7 Å². The standard InChI is InChI=1S/C9H8ClN3O2S/c10-5-1-2-7-6(3-5)12-9(15-7)16-4-8(14)13-11/h1-3H,4,11H2,(H,13,14). The molecule has 0 aliphatic rings. The van der Waals surface area contributed by atoms with E-state index in [0.717, 1.165) is 0 Å². The first kappa shape index (κ1) is 11.3. The normalized spacial score (nSPS) is 10.6. The Labute approximate surface area is 100 Å². The van der Waals surface area contributed by atoms with Crippen LogP contribution in [-0.4, -0.2) is 16.6 Å². The second-order valence-electron chi connectivity index (χ2n) is 2.95. The van der Waals surface area contributed by atoms with Crippen molar-refractivity contribution in [1.82, 2.24) is 10.4 Å². The lowest BCUT2D eigenvalue weighted by Crippen LogP contribution is -2.31. The number of hydrogen-bond donors (Lipinski definition) is 2. The molecule has 5 nitrogen and oxygen atoms in total. The molecule has 2 aromatic rings. The highest BCUT2D eigenvalue weighted by atomic mass is 35.5. The summed E-state index contributed by atoms with van der Waals surface area (Å²) < 4.78 is 5.39. The van der Waals surface area contributed by atoms with E-state index in [1.54, 1.807) is 18.2 Å². The number of carbonyl (C=O) groups excluding carboxylic acids is 1. The number of nitrogens with one attached hydrogen (secondary N) is 1. The van der Waals surface area contributed by atoms with Crippen LogP contribution in [0.1, 0.15) is 0 Å². The number of hydrazine groups is 1. The number of carbonyl (C=O) groups is 1. The van der Waals surface area contributed by atoms with Crippen LogP contribution in [0.3, 0.4) is 0 Å². The van der Waals surface area contributed by atoms with Crippen LogP contribution in [-0.2, 0) is 4.79 Å². The maximum atomic E-state index is 10.9. The Morgan fingerprint density at radius 3 is 3.19 bits per heavy atom. The van der Waals surface area contributed by atoms with Gasteiger partial charge in [0.05, 0.1) is 5.75 Å². The van der Waals surface area contributed by atoms with Gasteiger partial charge in [-0.3, -0.25) is 10.2 Å². The van der Waals surface area contributed by atoms with E-state index >= 15 is 0 Å². The summed E-state index contributed by atoms with van der Waals surface area (Å²) in [7, 11) is 0. The number of hydrogen-bond acceptors (Lipinski definition) is 5. The van der Waals surface area contributed by atoms with Gasteiger partial charge in [-0.1, -0.05) is 23.4 Å². The van der Waals surface area contributed by atoms with Crippen molar-refractivity contribution in [3.63, 3.8) is 0 Å². The van der Waals surface area contributed by atoms with Crippen LogP contribution >= 0.6 is 23.4 Å². The molecule has 2 rings (SSSR count). The Hall–Kier alpha value is -1.24. The maximum Gasteiger partial charge on any atom is 0.257 e. The molecule has 0 unspecified atom stereocenters. The zero-order valence-electron chi connectivity index (χ0n) is 8.07. The third-order valence-electron chi connectivity index (χ3n) is 1.82. The first-order chi connectivity index (χ1) is 7.69. The number of oxazole rings is 1. The van der Waals surface area contributed by atoms with Gasteiger partial charge in [0.2, 0.25) is 5.91 Å². The minimum atomic E-state index is -0.287. The molecule has 3 N–H and O–H groups in total. The predicted molar refractivity (Wildman–Crippen MR) is 62.1 cm³/mol. The summed E-state index contributed by atoms with van der Waals surface area (Å²) in [4.78, 5) is 15.1. The molecule has 0 bridgehead atoms. The van der Waals surface area contributed by atoms with Crippen LogP contribution in [0.4, 0.5) is 0 Å². The zero-order chi connectivity index (χ0) is 11.5. The molecule has 0 saturated carbocycles. The highest BCUT2D eigenvalue weighted by Crippen LogP contribution is 2.25. The minimum absolute atomic E-state index is 0.164. The molecular formula is C9H8ClN3O2S. The summed E-state index contributed by atoms with van der Waals surface area (Å²) >= 11 is 6.98. The number of aromatic nitrogens is 1. The van der Waals surface area contributed by atoms with Gasteiger partial charge in [0, 0.05) is 5.02 Å². The maximum absolute atomic E-state index is 10.9. The van der Waals surface area contributed by atoms with Crippen molar-refractivity contribution < 1.29 is 9.21 Å². The summed E-state index contributed by atoms with van der Waals surface area (Å²) in [6.07, 6.45) is 0. The highest BCUT2D eigenvalue weighted by Gasteiger charge is 2.08. The van der Waals surface area contributed by atoms with Gasteiger partial charge in [-0.2, -0.15) is 0 Å². The van der Waals surface area contributed by atoms with Crippen molar-refractivity contribution >= 4 is 40.4 Å². The lowest BCUT2D eigenvalue weighted by Gasteiger charge is -1.94. The Bertz CT molecular complexity index is 528. The van der Waals surface area contributed by atoms with Gasteiger partial charge in [0.25, 0.3) is 5.22 Å². The van der Waals surface area contributed by atoms with Crippen molar-refractivity contribution in [2.45, 2.75) is 5.22 Å². The van der Waals surface area contributed by atoms with Gasteiger partial charge in [0.1, 0.15) is 5.52 Å². The summed E-state index contributed by atoms with van der Waals surface area (Å²) in [5.74, 6) is 4.83. The van der Waals surface area contributed by atoms with Crippen LogP contribution < -0.4 is 11.3 Å². The lowest BCUT2D eigenvalue weighted by atomic mass is 10.3. The molecule has 1 heterocycles.